The monoisotopic (exact) mass is 439 g/mol. The number of nitrogens with one attached hydrogen (secondary N) is 1. The van der Waals surface area contributed by atoms with Crippen LogP contribution in [0, 0.1) is 16.7 Å². The molecule has 32 heavy (non-hydrogen) atoms. The molecule has 1 amide bonds. The Bertz CT molecular complexity index is 1000. The predicted octanol–water partition coefficient (Wildman–Crippen LogP) is 3.93. The fourth-order valence-corrected chi connectivity index (χ4v) is 6.79. The number of carbonyl (C=O) groups excluding carboxylic acids is 1. The Hall–Kier alpha value is -2.05. The van der Waals surface area contributed by atoms with Crippen molar-refractivity contribution in [2.75, 3.05) is 40.0 Å². The van der Waals surface area contributed by atoms with Crippen LogP contribution in [0.1, 0.15) is 50.4 Å². The molecule has 6 nitrogen and oxygen atoms in total. The van der Waals surface area contributed by atoms with E-state index in [1.807, 2.05) is 24.4 Å². The first-order valence-electron chi connectivity index (χ1n) is 12.1. The largest absolute Gasteiger partial charge is 0.495 e. The first-order valence-corrected chi connectivity index (χ1v) is 12.1. The highest BCUT2D eigenvalue weighted by molar-refractivity contribution is 6.08. The van der Waals surface area contributed by atoms with Gasteiger partial charge in [-0.15, -0.1) is 0 Å². The molecule has 2 aromatic rings. The van der Waals surface area contributed by atoms with E-state index >= 15 is 0 Å². The van der Waals surface area contributed by atoms with Gasteiger partial charge in [0.1, 0.15) is 5.75 Å². The minimum atomic E-state index is 0.0419. The average Bonchev–Trinajstić information content (AvgIpc) is 3.42. The molecular formula is C26H37N3O3. The van der Waals surface area contributed by atoms with E-state index in [-0.39, 0.29) is 22.8 Å². The maximum absolute atomic E-state index is 13.6. The van der Waals surface area contributed by atoms with Crippen molar-refractivity contribution in [3.8, 4) is 5.75 Å². The van der Waals surface area contributed by atoms with Crippen LogP contribution in [0.2, 0.25) is 0 Å². The lowest BCUT2D eigenvalue weighted by Gasteiger charge is -2.43. The Labute approximate surface area is 191 Å². The van der Waals surface area contributed by atoms with Crippen molar-refractivity contribution >= 4 is 16.8 Å². The number of para-hydroxylation sites is 1. The summed E-state index contributed by atoms with van der Waals surface area (Å²) in [6, 6.07) is 6.22. The zero-order chi connectivity index (χ0) is 22.5. The van der Waals surface area contributed by atoms with Crippen molar-refractivity contribution < 1.29 is 14.3 Å². The van der Waals surface area contributed by atoms with Gasteiger partial charge < -0.3 is 19.4 Å². The average molecular weight is 440 g/mol. The van der Waals surface area contributed by atoms with Gasteiger partial charge in [0, 0.05) is 43.8 Å². The lowest BCUT2D eigenvalue weighted by atomic mass is 9.68. The van der Waals surface area contributed by atoms with Crippen LogP contribution in [-0.4, -0.2) is 61.4 Å². The maximum atomic E-state index is 13.6. The van der Waals surface area contributed by atoms with Crippen LogP contribution in [0.25, 0.3) is 10.9 Å². The smallest absolute Gasteiger partial charge is 0.253 e. The number of benzene rings is 1. The molecule has 2 saturated carbocycles. The number of hydrogen-bond donors (Lipinski definition) is 1. The van der Waals surface area contributed by atoms with Crippen molar-refractivity contribution in [2.45, 2.75) is 52.6 Å². The molecular weight excluding hydrogens is 402 g/mol. The third-order valence-electron chi connectivity index (χ3n) is 8.63. The highest BCUT2D eigenvalue weighted by atomic mass is 16.5. The molecule has 0 spiro atoms. The first-order chi connectivity index (χ1) is 15.3. The number of aromatic nitrogens is 1. The first kappa shape index (κ1) is 21.8. The van der Waals surface area contributed by atoms with E-state index < -0.39 is 0 Å². The molecule has 2 aliphatic carbocycles. The summed E-state index contributed by atoms with van der Waals surface area (Å²) in [5.41, 5.74) is 2.10. The molecule has 3 atom stereocenters. The zero-order valence-electron chi connectivity index (χ0n) is 19.9. The van der Waals surface area contributed by atoms with Crippen LogP contribution >= 0.6 is 0 Å². The molecule has 1 saturated heterocycles. The molecule has 1 N–H and O–H groups in total. The normalized spacial score (nSPS) is 29.5. The Balaban J connectivity index is 1.44. The third-order valence-corrected chi connectivity index (χ3v) is 8.63. The van der Waals surface area contributed by atoms with E-state index in [0.29, 0.717) is 5.92 Å². The molecule has 5 rings (SSSR count). The van der Waals surface area contributed by atoms with E-state index in [9.17, 15) is 4.79 Å². The van der Waals surface area contributed by atoms with Crippen LogP contribution in [0.15, 0.2) is 24.4 Å². The van der Waals surface area contributed by atoms with Crippen molar-refractivity contribution in [3.63, 3.8) is 0 Å². The van der Waals surface area contributed by atoms with Gasteiger partial charge in [-0.3, -0.25) is 9.69 Å². The lowest BCUT2D eigenvalue weighted by molar-refractivity contribution is 0.0365. The summed E-state index contributed by atoms with van der Waals surface area (Å²) in [6.07, 6.45) is 5.75. The fraction of sp³-hybridized carbons (Fsp3) is 0.654. The Morgan fingerprint density at radius 3 is 2.69 bits per heavy atom. The molecule has 2 unspecified atom stereocenters. The van der Waals surface area contributed by atoms with Gasteiger partial charge in [-0.2, -0.15) is 0 Å². The number of hydrogen-bond acceptors (Lipinski definition) is 4. The molecule has 0 radical (unpaired) electrons. The third kappa shape index (κ3) is 3.52. The summed E-state index contributed by atoms with van der Waals surface area (Å²) in [6.45, 7) is 12.3. The van der Waals surface area contributed by atoms with Gasteiger partial charge >= 0.3 is 0 Å². The molecule has 2 bridgehead atoms. The predicted molar refractivity (Wildman–Crippen MR) is 126 cm³/mol. The number of rotatable bonds is 6. The molecule has 174 valence electrons. The standard InChI is InChI=1S/C26H37N3O3/c1-25(2)18-8-9-26(3,16-18)24(25)27-23(30)20-17-29(11-10-28-12-14-32-15-13-28)22-19(20)6-5-7-21(22)31-4/h5-7,17-18,24H,8-16H2,1-4H3,(H,27,30)/t18?,24-,26?/m0/s1. The van der Waals surface area contributed by atoms with Gasteiger partial charge in [0.25, 0.3) is 5.91 Å². The Morgan fingerprint density at radius 2 is 2.00 bits per heavy atom. The number of methoxy groups -OCH3 is 1. The van der Waals surface area contributed by atoms with Crippen LogP contribution in [0.4, 0.5) is 0 Å². The van der Waals surface area contributed by atoms with Crippen molar-refractivity contribution in [1.82, 2.24) is 14.8 Å². The van der Waals surface area contributed by atoms with Gasteiger partial charge in [-0.25, -0.2) is 0 Å². The van der Waals surface area contributed by atoms with E-state index in [4.69, 9.17) is 9.47 Å². The molecule has 2 heterocycles. The summed E-state index contributed by atoms with van der Waals surface area (Å²) in [5, 5.41) is 4.45. The highest BCUT2D eigenvalue weighted by Crippen LogP contribution is 2.62. The molecule has 1 aromatic heterocycles. The molecule has 1 aromatic carbocycles. The number of carbonyl (C=O) groups is 1. The summed E-state index contributed by atoms with van der Waals surface area (Å²) < 4.78 is 13.4. The van der Waals surface area contributed by atoms with E-state index in [2.05, 4.69) is 35.6 Å². The number of nitrogens with zero attached hydrogens (tertiary/aromatic N) is 2. The number of amides is 1. The summed E-state index contributed by atoms with van der Waals surface area (Å²) in [4.78, 5) is 16.1. The fourth-order valence-electron chi connectivity index (χ4n) is 6.79. The zero-order valence-corrected chi connectivity index (χ0v) is 19.9. The maximum Gasteiger partial charge on any atom is 0.253 e. The van der Waals surface area contributed by atoms with Crippen LogP contribution < -0.4 is 10.1 Å². The van der Waals surface area contributed by atoms with Crippen molar-refractivity contribution in [2.24, 2.45) is 16.7 Å². The second-order valence-electron chi connectivity index (χ2n) is 10.9. The number of morpholine rings is 1. The van der Waals surface area contributed by atoms with E-state index in [0.717, 1.165) is 61.6 Å². The summed E-state index contributed by atoms with van der Waals surface area (Å²) >= 11 is 0. The van der Waals surface area contributed by atoms with Crippen LogP contribution in [-0.2, 0) is 11.3 Å². The van der Waals surface area contributed by atoms with Crippen LogP contribution in [0.3, 0.4) is 0 Å². The van der Waals surface area contributed by atoms with E-state index in [1.54, 1.807) is 7.11 Å². The SMILES string of the molecule is COc1cccc2c(C(=O)N[C@@H]3C4(C)CCC(C4)C3(C)C)cn(CCN3CCOCC3)c12. The molecule has 3 aliphatic rings. The quantitative estimate of drug-likeness (QED) is 0.741. The Morgan fingerprint density at radius 1 is 1.22 bits per heavy atom. The van der Waals surface area contributed by atoms with Crippen LogP contribution in [0.5, 0.6) is 5.75 Å². The van der Waals surface area contributed by atoms with Gasteiger partial charge in [0.2, 0.25) is 0 Å². The highest BCUT2D eigenvalue weighted by Gasteiger charge is 2.59. The number of ether oxygens (including phenoxy) is 2. The van der Waals surface area contributed by atoms with E-state index in [1.165, 1.54) is 19.3 Å². The van der Waals surface area contributed by atoms with Gasteiger partial charge in [0.05, 0.1) is 31.4 Å². The lowest BCUT2D eigenvalue weighted by Crippen LogP contribution is -2.52. The topological polar surface area (TPSA) is 55.7 Å². The van der Waals surface area contributed by atoms with Crippen molar-refractivity contribution in [1.29, 1.82) is 0 Å². The summed E-state index contributed by atoms with van der Waals surface area (Å²) in [7, 11) is 1.70. The number of fused-ring (bicyclic) bond motifs is 3. The second-order valence-corrected chi connectivity index (χ2v) is 10.9. The molecule has 1 aliphatic heterocycles. The minimum absolute atomic E-state index is 0.0419. The van der Waals surface area contributed by atoms with Gasteiger partial charge in [-0.05, 0) is 42.1 Å². The molecule has 3 fully saturated rings. The van der Waals surface area contributed by atoms with Crippen molar-refractivity contribution in [3.05, 3.63) is 30.0 Å². The minimum Gasteiger partial charge on any atom is -0.495 e. The van der Waals surface area contributed by atoms with Gasteiger partial charge in [-0.1, -0.05) is 32.9 Å². The van der Waals surface area contributed by atoms with Gasteiger partial charge in [0.15, 0.2) is 0 Å². The molecule has 6 heteroatoms. The second kappa shape index (κ2) is 8.07. The summed E-state index contributed by atoms with van der Waals surface area (Å²) in [5.74, 6) is 1.56. The Kier molecular flexibility index (Phi) is 5.49.